The molecule has 2 nitrogen and oxygen atoms in total. The van der Waals surface area contributed by atoms with Gasteiger partial charge in [0, 0.05) is 0 Å². The zero-order chi connectivity index (χ0) is 18.7. The largest absolute Gasteiger partial charge is 1.00 e. The number of hydrogen-bond donors (Lipinski definition) is 0. The minimum Gasteiger partial charge on any atom is -1.00 e. The summed E-state index contributed by atoms with van der Waals surface area (Å²) in [7, 11) is 0. The van der Waals surface area contributed by atoms with Crippen LogP contribution in [-0.4, -0.2) is 55.2 Å². The van der Waals surface area contributed by atoms with Crippen molar-refractivity contribution in [3.63, 3.8) is 0 Å². The Morgan fingerprint density at radius 1 is 0.480 bits per heavy atom. The number of nitrogens with zero attached hydrogens (tertiary/aromatic N) is 2. The Balaban J connectivity index is -0.000000513. The first kappa shape index (κ1) is 29.6. The van der Waals surface area contributed by atoms with E-state index in [1.165, 1.54) is 102 Å². The van der Waals surface area contributed by atoms with E-state index >= 15 is 0 Å². The van der Waals surface area contributed by atoms with Crippen LogP contribution < -0.4 is 4.70 Å². The zero-order valence-corrected chi connectivity index (χ0v) is 18.9. The van der Waals surface area contributed by atoms with Gasteiger partial charge >= 0.3 is 0 Å². The summed E-state index contributed by atoms with van der Waals surface area (Å²) in [4.78, 5) is 2.38. The summed E-state index contributed by atoms with van der Waals surface area (Å²) in [5.74, 6) is 0. The van der Waals surface area contributed by atoms with Gasteiger partial charge in [0.05, 0.1) is 26.2 Å². The molecule has 0 saturated heterocycles. The van der Waals surface area contributed by atoms with Gasteiger partial charge in [-0.1, -0.05) is 74.1 Å². The van der Waals surface area contributed by atoms with E-state index in [0.29, 0.717) is 0 Å². The van der Waals surface area contributed by atoms with E-state index in [4.69, 9.17) is 0 Å². The van der Waals surface area contributed by atoms with Crippen molar-refractivity contribution in [3.05, 3.63) is 0 Å². The lowest BCUT2D eigenvalue weighted by Gasteiger charge is -2.39. The first-order valence-electron chi connectivity index (χ1n) is 11.2. The molecule has 0 atom stereocenters. The van der Waals surface area contributed by atoms with Gasteiger partial charge in [-0.05, 0) is 45.3 Å². The molecule has 25 heavy (non-hydrogen) atoms. The molecule has 0 radical (unpaired) electrons. The average Bonchev–Trinajstić information content (AvgIpc) is 2.62. The second-order valence-corrected chi connectivity index (χ2v) is 7.27. The molecular formula is C22H51FN2. The molecule has 0 aliphatic carbocycles. The summed E-state index contributed by atoms with van der Waals surface area (Å²) in [6.45, 7) is 25.1. The van der Waals surface area contributed by atoms with Crippen molar-refractivity contribution in [2.24, 2.45) is 0 Å². The van der Waals surface area contributed by atoms with Gasteiger partial charge in [-0.15, -0.1) is 0 Å². The summed E-state index contributed by atoms with van der Waals surface area (Å²) >= 11 is 0. The fourth-order valence-corrected chi connectivity index (χ4v) is 3.32. The second kappa shape index (κ2) is 21.9. The van der Waals surface area contributed by atoms with Crippen LogP contribution in [0.1, 0.15) is 99.8 Å². The molecule has 0 bridgehead atoms. The van der Waals surface area contributed by atoms with Crippen LogP contribution in [0.15, 0.2) is 0 Å². The quantitative estimate of drug-likeness (QED) is 0.404. The predicted molar refractivity (Wildman–Crippen MR) is 113 cm³/mol. The molecule has 156 valence electrons. The highest BCUT2D eigenvalue weighted by molar-refractivity contribution is 4.49. The molecule has 0 N–H and O–H groups in total. The Morgan fingerprint density at radius 2 is 0.720 bits per heavy atom. The highest BCUT2D eigenvalue weighted by Gasteiger charge is 2.24. The third kappa shape index (κ3) is 17.0. The minimum atomic E-state index is 0. The Kier molecular flexibility index (Phi) is 25.9. The second-order valence-electron chi connectivity index (χ2n) is 7.27. The summed E-state index contributed by atoms with van der Waals surface area (Å²) in [5.41, 5.74) is 0. The van der Waals surface area contributed by atoms with Gasteiger partial charge in [0.25, 0.3) is 0 Å². The van der Waals surface area contributed by atoms with E-state index < -0.39 is 0 Å². The van der Waals surface area contributed by atoms with Crippen molar-refractivity contribution in [2.75, 3.05) is 45.8 Å². The van der Waals surface area contributed by atoms with Gasteiger partial charge in [-0.2, -0.15) is 0 Å². The lowest BCUT2D eigenvalue weighted by molar-refractivity contribution is -0.929. The van der Waals surface area contributed by atoms with Crippen molar-refractivity contribution in [1.82, 2.24) is 4.90 Å². The van der Waals surface area contributed by atoms with Crippen LogP contribution in [-0.2, 0) is 0 Å². The van der Waals surface area contributed by atoms with Gasteiger partial charge in [-0.25, -0.2) is 0 Å². The van der Waals surface area contributed by atoms with Crippen molar-refractivity contribution >= 4 is 0 Å². The standard InChI is InChI=1S/C16H36N.C6H15N.FH/c1-5-9-13-17(14-10-6-2,15-11-7-3)16-12-8-4;1-4-7(5-2)6-3;/h5-16H2,1-4H3;4-6H2,1-3H3;1H/q+1;;/p-1. The van der Waals surface area contributed by atoms with Gasteiger partial charge in [0.1, 0.15) is 0 Å². The Morgan fingerprint density at radius 3 is 0.840 bits per heavy atom. The third-order valence-electron chi connectivity index (χ3n) is 5.29. The zero-order valence-electron chi connectivity index (χ0n) is 18.9. The SMILES string of the molecule is CCCC[N+](CCCC)(CCCC)CCCC.CCN(CC)CC.[F-]. The van der Waals surface area contributed by atoms with Crippen molar-refractivity contribution in [1.29, 1.82) is 0 Å². The molecule has 0 aromatic heterocycles. The molecule has 0 heterocycles. The molecular weight excluding hydrogens is 311 g/mol. The van der Waals surface area contributed by atoms with E-state index in [9.17, 15) is 0 Å². The molecule has 3 heteroatoms. The van der Waals surface area contributed by atoms with Gasteiger partial charge in [0.2, 0.25) is 0 Å². The summed E-state index contributed by atoms with van der Waals surface area (Å²) in [6, 6.07) is 0. The summed E-state index contributed by atoms with van der Waals surface area (Å²) in [6.07, 6.45) is 11.1. The number of quaternary nitrogens is 1. The molecule has 0 aliphatic heterocycles. The third-order valence-corrected chi connectivity index (χ3v) is 5.29. The van der Waals surface area contributed by atoms with Gasteiger partial charge in [-0.3, -0.25) is 0 Å². The van der Waals surface area contributed by atoms with Crippen LogP contribution in [0, 0.1) is 0 Å². The van der Waals surface area contributed by atoms with Crippen LogP contribution >= 0.6 is 0 Å². The number of halogens is 1. The summed E-state index contributed by atoms with van der Waals surface area (Å²) < 4.78 is 1.42. The number of unbranched alkanes of at least 4 members (excludes halogenated alkanes) is 4. The molecule has 0 saturated carbocycles. The maximum absolute atomic E-state index is 2.38. The highest BCUT2D eigenvalue weighted by Crippen LogP contribution is 2.16. The van der Waals surface area contributed by atoms with E-state index in [1.54, 1.807) is 0 Å². The normalized spacial score (nSPS) is 11.0. The molecule has 0 aromatic rings. The van der Waals surface area contributed by atoms with Crippen LogP contribution in [0.4, 0.5) is 0 Å². The van der Waals surface area contributed by atoms with Crippen LogP contribution in [0.5, 0.6) is 0 Å². The van der Waals surface area contributed by atoms with E-state index in [0.717, 1.165) is 0 Å². The topological polar surface area (TPSA) is 3.24 Å². The molecule has 0 rings (SSSR count). The Bertz CT molecular complexity index is 187. The van der Waals surface area contributed by atoms with Crippen molar-refractivity contribution in [3.8, 4) is 0 Å². The predicted octanol–water partition coefficient (Wildman–Crippen LogP) is 3.36. The lowest BCUT2D eigenvalue weighted by Crippen LogP contribution is -3.00. The Labute approximate surface area is 160 Å². The monoisotopic (exact) mass is 362 g/mol. The van der Waals surface area contributed by atoms with Gasteiger partial charge in [0.15, 0.2) is 0 Å². The fourth-order valence-electron chi connectivity index (χ4n) is 3.32. The van der Waals surface area contributed by atoms with Crippen LogP contribution in [0.3, 0.4) is 0 Å². The van der Waals surface area contributed by atoms with Crippen molar-refractivity contribution in [2.45, 2.75) is 99.8 Å². The van der Waals surface area contributed by atoms with E-state index in [2.05, 4.69) is 53.4 Å². The molecule has 0 unspecified atom stereocenters. The van der Waals surface area contributed by atoms with Gasteiger partial charge < -0.3 is 14.1 Å². The summed E-state index contributed by atoms with van der Waals surface area (Å²) in [5, 5.41) is 0. The smallest absolute Gasteiger partial charge is 0.0786 e. The molecule has 0 aliphatic rings. The molecule has 0 spiro atoms. The molecule has 0 amide bonds. The first-order valence-corrected chi connectivity index (χ1v) is 11.2. The molecule has 0 fully saturated rings. The average molecular weight is 363 g/mol. The first-order chi connectivity index (χ1) is 11.6. The maximum atomic E-state index is 2.38. The maximum Gasteiger partial charge on any atom is 0.0786 e. The highest BCUT2D eigenvalue weighted by atomic mass is 19.0. The van der Waals surface area contributed by atoms with E-state index in [1.807, 2.05) is 0 Å². The van der Waals surface area contributed by atoms with Crippen LogP contribution in [0.2, 0.25) is 0 Å². The number of rotatable bonds is 15. The Hall–Kier alpha value is -0.150. The molecule has 0 aromatic carbocycles. The lowest BCUT2D eigenvalue weighted by atomic mass is 10.1. The van der Waals surface area contributed by atoms with E-state index in [-0.39, 0.29) is 4.70 Å². The number of hydrogen-bond acceptors (Lipinski definition) is 1. The fraction of sp³-hybridized carbons (Fsp3) is 1.00. The van der Waals surface area contributed by atoms with Crippen molar-refractivity contribution < 1.29 is 9.19 Å². The minimum absolute atomic E-state index is 0. The van der Waals surface area contributed by atoms with Crippen LogP contribution in [0.25, 0.3) is 0 Å².